The van der Waals surface area contributed by atoms with Crippen molar-refractivity contribution in [3.63, 3.8) is 0 Å². The summed E-state index contributed by atoms with van der Waals surface area (Å²) in [5, 5.41) is 0. The predicted octanol–water partition coefficient (Wildman–Crippen LogP) is 6.06. The van der Waals surface area contributed by atoms with Gasteiger partial charge in [0.2, 0.25) is 0 Å². The number of nitrogens with zero attached hydrogens (tertiary/aromatic N) is 1. The molecule has 3 heteroatoms. The molecule has 2 aromatic carbocycles. The predicted molar refractivity (Wildman–Crippen MR) is 119 cm³/mol. The molecule has 3 rings (SSSR count). The number of benzene rings is 2. The number of hydrogen-bond acceptors (Lipinski definition) is 3. The number of aryl methyl sites for hydroxylation is 2. The molecular weight excluding hydrogens is 358 g/mol. The van der Waals surface area contributed by atoms with Crippen molar-refractivity contribution in [2.45, 2.75) is 26.9 Å². The van der Waals surface area contributed by atoms with E-state index in [2.05, 4.69) is 54.9 Å². The van der Waals surface area contributed by atoms with E-state index in [9.17, 15) is 0 Å². The Morgan fingerprint density at radius 2 is 1.66 bits per heavy atom. The lowest BCUT2D eigenvalue weighted by Crippen LogP contribution is -1.97. The molecule has 0 aliphatic heterocycles. The maximum absolute atomic E-state index is 5.88. The summed E-state index contributed by atoms with van der Waals surface area (Å²) in [7, 11) is 1.67. The first kappa shape index (κ1) is 20.4. The van der Waals surface area contributed by atoms with Crippen molar-refractivity contribution < 1.29 is 9.47 Å². The van der Waals surface area contributed by atoms with Crippen LogP contribution in [-0.4, -0.2) is 12.1 Å². The first-order chi connectivity index (χ1) is 14.0. The van der Waals surface area contributed by atoms with Crippen molar-refractivity contribution in [1.82, 2.24) is 4.98 Å². The van der Waals surface area contributed by atoms with Gasteiger partial charge in [-0.3, -0.25) is 4.98 Å². The SMILES string of the molecule is C=C(/C=C(\OC)c1cccnc1C)Cc1ccc(OCc2ccc(C)cc2)cc1. The molecule has 0 aliphatic carbocycles. The summed E-state index contributed by atoms with van der Waals surface area (Å²) < 4.78 is 11.4. The van der Waals surface area contributed by atoms with Crippen molar-refractivity contribution in [3.8, 4) is 5.75 Å². The van der Waals surface area contributed by atoms with Gasteiger partial charge in [-0.05, 0) is 67.3 Å². The van der Waals surface area contributed by atoms with Crippen molar-refractivity contribution >= 4 is 5.76 Å². The van der Waals surface area contributed by atoms with Gasteiger partial charge in [-0.25, -0.2) is 0 Å². The van der Waals surface area contributed by atoms with Crippen LogP contribution in [0.4, 0.5) is 0 Å². The molecule has 3 aromatic rings. The lowest BCUT2D eigenvalue weighted by Gasteiger charge is -2.11. The number of methoxy groups -OCH3 is 1. The Labute approximate surface area is 173 Å². The molecule has 1 heterocycles. The fourth-order valence-corrected chi connectivity index (χ4v) is 3.04. The molecule has 1 aromatic heterocycles. The second kappa shape index (κ2) is 9.74. The normalized spacial score (nSPS) is 11.2. The number of aromatic nitrogens is 1. The van der Waals surface area contributed by atoms with Gasteiger partial charge in [0, 0.05) is 17.5 Å². The molecule has 0 atom stereocenters. The topological polar surface area (TPSA) is 31.4 Å². The van der Waals surface area contributed by atoms with Gasteiger partial charge in [0.25, 0.3) is 0 Å². The van der Waals surface area contributed by atoms with Gasteiger partial charge in [-0.2, -0.15) is 0 Å². The minimum atomic E-state index is 0.566. The van der Waals surface area contributed by atoms with E-state index >= 15 is 0 Å². The molecule has 3 nitrogen and oxygen atoms in total. The minimum absolute atomic E-state index is 0.566. The van der Waals surface area contributed by atoms with Gasteiger partial charge in [0.1, 0.15) is 18.1 Å². The van der Waals surface area contributed by atoms with Crippen LogP contribution in [0.15, 0.2) is 85.1 Å². The van der Waals surface area contributed by atoms with Gasteiger partial charge in [-0.1, -0.05) is 48.5 Å². The lowest BCUT2D eigenvalue weighted by molar-refractivity contribution is 0.306. The Hall–Kier alpha value is -3.33. The standard InChI is InChI=1S/C26H27NO2/c1-19-7-9-23(10-8-19)18-29-24-13-11-22(12-14-24)16-20(2)17-26(28-4)25-6-5-15-27-21(25)3/h5-15,17H,2,16,18H2,1,3-4H3/b26-17-. The summed E-state index contributed by atoms with van der Waals surface area (Å²) in [5.41, 5.74) is 6.48. The number of ether oxygens (including phenoxy) is 2. The quantitative estimate of drug-likeness (QED) is 0.349. The van der Waals surface area contributed by atoms with E-state index in [1.807, 2.05) is 37.3 Å². The molecule has 0 bridgehead atoms. The number of allylic oxidation sites excluding steroid dienone is 2. The van der Waals surface area contributed by atoms with Crippen LogP contribution in [-0.2, 0) is 17.8 Å². The van der Waals surface area contributed by atoms with Gasteiger partial charge in [0.15, 0.2) is 0 Å². The van der Waals surface area contributed by atoms with Crippen LogP contribution < -0.4 is 4.74 Å². The monoisotopic (exact) mass is 385 g/mol. The summed E-state index contributed by atoms with van der Waals surface area (Å²) in [6.45, 7) is 8.81. The second-order valence-corrected chi connectivity index (χ2v) is 7.10. The number of pyridine rings is 1. The number of rotatable bonds is 8. The average Bonchev–Trinajstić information content (AvgIpc) is 2.73. The maximum atomic E-state index is 5.88. The first-order valence-electron chi connectivity index (χ1n) is 9.68. The average molecular weight is 386 g/mol. The van der Waals surface area contributed by atoms with Crippen LogP contribution in [0.25, 0.3) is 5.76 Å². The third kappa shape index (κ3) is 5.82. The zero-order valence-corrected chi connectivity index (χ0v) is 17.3. The Balaban J connectivity index is 1.60. The summed E-state index contributed by atoms with van der Waals surface area (Å²) in [6, 6.07) is 20.5. The van der Waals surface area contributed by atoms with E-state index in [0.29, 0.717) is 6.61 Å². The zero-order chi connectivity index (χ0) is 20.6. The summed E-state index contributed by atoms with van der Waals surface area (Å²) in [5.74, 6) is 1.64. The summed E-state index contributed by atoms with van der Waals surface area (Å²) in [4.78, 5) is 4.33. The molecular formula is C26H27NO2. The fourth-order valence-electron chi connectivity index (χ4n) is 3.04. The largest absolute Gasteiger partial charge is 0.496 e. The maximum Gasteiger partial charge on any atom is 0.128 e. The highest BCUT2D eigenvalue weighted by molar-refractivity contribution is 5.64. The second-order valence-electron chi connectivity index (χ2n) is 7.10. The van der Waals surface area contributed by atoms with E-state index < -0.39 is 0 Å². The molecule has 0 aliphatic rings. The molecule has 0 unspecified atom stereocenters. The van der Waals surface area contributed by atoms with Crippen molar-refractivity contribution in [1.29, 1.82) is 0 Å². The van der Waals surface area contributed by atoms with Crippen LogP contribution in [0.5, 0.6) is 5.75 Å². The van der Waals surface area contributed by atoms with E-state index in [0.717, 1.165) is 40.3 Å². The van der Waals surface area contributed by atoms with Gasteiger partial charge in [0.05, 0.1) is 7.11 Å². The molecule has 0 N–H and O–H groups in total. The molecule has 0 saturated carbocycles. The number of hydrogen-bond donors (Lipinski definition) is 0. The van der Waals surface area contributed by atoms with Gasteiger partial charge in [-0.15, -0.1) is 0 Å². The highest BCUT2D eigenvalue weighted by atomic mass is 16.5. The summed E-state index contributed by atoms with van der Waals surface area (Å²) >= 11 is 0. The van der Waals surface area contributed by atoms with E-state index in [1.54, 1.807) is 13.3 Å². The molecule has 148 valence electrons. The third-order valence-electron chi connectivity index (χ3n) is 4.71. The smallest absolute Gasteiger partial charge is 0.128 e. The van der Waals surface area contributed by atoms with Crippen molar-refractivity contribution in [3.05, 3.63) is 113 Å². The van der Waals surface area contributed by atoms with Crippen LogP contribution in [0, 0.1) is 13.8 Å². The fraction of sp³-hybridized carbons (Fsp3) is 0.192. The van der Waals surface area contributed by atoms with Crippen LogP contribution in [0.2, 0.25) is 0 Å². The highest BCUT2D eigenvalue weighted by Gasteiger charge is 2.07. The lowest BCUT2D eigenvalue weighted by atomic mass is 10.0. The van der Waals surface area contributed by atoms with Crippen molar-refractivity contribution in [2.24, 2.45) is 0 Å². The van der Waals surface area contributed by atoms with E-state index in [4.69, 9.17) is 9.47 Å². The Kier molecular flexibility index (Phi) is 6.85. The van der Waals surface area contributed by atoms with Crippen molar-refractivity contribution in [2.75, 3.05) is 7.11 Å². The molecule has 0 saturated heterocycles. The first-order valence-corrected chi connectivity index (χ1v) is 9.68. The van der Waals surface area contributed by atoms with E-state index in [1.165, 1.54) is 11.1 Å². The van der Waals surface area contributed by atoms with Crippen LogP contribution in [0.1, 0.15) is 27.9 Å². The Bertz CT molecular complexity index is 986. The molecule has 0 spiro atoms. The Morgan fingerprint density at radius 1 is 0.966 bits per heavy atom. The molecule has 0 amide bonds. The minimum Gasteiger partial charge on any atom is -0.496 e. The highest BCUT2D eigenvalue weighted by Crippen LogP contribution is 2.22. The van der Waals surface area contributed by atoms with Gasteiger partial charge >= 0.3 is 0 Å². The van der Waals surface area contributed by atoms with Crippen LogP contribution in [0.3, 0.4) is 0 Å². The van der Waals surface area contributed by atoms with Gasteiger partial charge < -0.3 is 9.47 Å². The molecule has 0 fully saturated rings. The third-order valence-corrected chi connectivity index (χ3v) is 4.71. The summed E-state index contributed by atoms with van der Waals surface area (Å²) in [6.07, 6.45) is 4.50. The zero-order valence-electron chi connectivity index (χ0n) is 17.3. The van der Waals surface area contributed by atoms with Crippen LogP contribution >= 0.6 is 0 Å². The van der Waals surface area contributed by atoms with E-state index in [-0.39, 0.29) is 0 Å². The Morgan fingerprint density at radius 3 is 2.31 bits per heavy atom. The molecule has 0 radical (unpaired) electrons. The molecule has 29 heavy (non-hydrogen) atoms.